The summed E-state index contributed by atoms with van der Waals surface area (Å²) in [7, 11) is 0. The number of rotatable bonds is 2. The monoisotopic (exact) mass is 274 g/mol. The van der Waals surface area contributed by atoms with Gasteiger partial charge in [0.1, 0.15) is 0 Å². The molecule has 1 atom stereocenters. The maximum absolute atomic E-state index is 12.6. The van der Waals surface area contributed by atoms with Gasteiger partial charge in [-0.3, -0.25) is 4.79 Å². The Bertz CT molecular complexity index is 541. The fourth-order valence-corrected chi connectivity index (χ4v) is 3.42. The van der Waals surface area contributed by atoms with Crippen molar-refractivity contribution in [2.45, 2.75) is 38.1 Å². The number of aryl methyl sites for hydroxylation is 2. The summed E-state index contributed by atoms with van der Waals surface area (Å²) in [5.74, 6) is 0.0741. The van der Waals surface area contributed by atoms with Gasteiger partial charge in [0.15, 0.2) is 0 Å². The zero-order chi connectivity index (χ0) is 13.4. The van der Waals surface area contributed by atoms with Crippen LogP contribution in [0.3, 0.4) is 0 Å². The summed E-state index contributed by atoms with van der Waals surface area (Å²) in [6.07, 6.45) is 5.31. The van der Waals surface area contributed by atoms with Crippen LogP contribution in [-0.2, 0) is 12.8 Å². The maximum Gasteiger partial charge on any atom is 0.254 e. The van der Waals surface area contributed by atoms with Crippen molar-refractivity contribution in [3.05, 3.63) is 34.9 Å². The van der Waals surface area contributed by atoms with Crippen LogP contribution in [0.2, 0.25) is 0 Å². The summed E-state index contributed by atoms with van der Waals surface area (Å²) in [4.78, 5) is 14.8. The summed E-state index contributed by atoms with van der Waals surface area (Å²) in [6.45, 7) is 0.762. The first-order valence-corrected chi connectivity index (χ1v) is 7.30. The summed E-state index contributed by atoms with van der Waals surface area (Å²) in [6, 6.07) is 6.04. The highest BCUT2D eigenvalue weighted by molar-refractivity contribution is 7.80. The Hall–Kier alpha value is -1.42. The smallest absolute Gasteiger partial charge is 0.254 e. The van der Waals surface area contributed by atoms with E-state index in [0.717, 1.165) is 37.8 Å². The lowest BCUT2D eigenvalue weighted by Crippen LogP contribution is -2.42. The molecule has 1 heterocycles. The Balaban J connectivity index is 1.85. The van der Waals surface area contributed by atoms with Crippen LogP contribution in [-0.4, -0.2) is 28.4 Å². The summed E-state index contributed by atoms with van der Waals surface area (Å²) >= 11 is 5.06. The molecule has 2 aliphatic rings. The molecule has 1 amide bonds. The van der Waals surface area contributed by atoms with Crippen molar-refractivity contribution < 1.29 is 4.79 Å². The van der Waals surface area contributed by atoms with Gasteiger partial charge >= 0.3 is 0 Å². The first kappa shape index (κ1) is 12.6. The van der Waals surface area contributed by atoms with E-state index in [2.05, 4.69) is 12.1 Å². The van der Waals surface area contributed by atoms with Crippen LogP contribution in [0.15, 0.2) is 18.2 Å². The zero-order valence-electron chi connectivity index (χ0n) is 10.9. The number of nitrogens with two attached hydrogens (primary N) is 1. The first-order chi connectivity index (χ1) is 9.16. The third-order valence-corrected chi connectivity index (χ3v) is 4.46. The van der Waals surface area contributed by atoms with Crippen LogP contribution in [0.4, 0.5) is 0 Å². The lowest BCUT2D eigenvalue weighted by atomic mass is 10.1. The van der Waals surface area contributed by atoms with Gasteiger partial charge in [0.25, 0.3) is 5.91 Å². The molecule has 0 saturated carbocycles. The van der Waals surface area contributed by atoms with E-state index in [9.17, 15) is 4.79 Å². The number of fused-ring (bicyclic) bond motifs is 1. The number of thiocarbonyl (C=S) groups is 1. The summed E-state index contributed by atoms with van der Waals surface area (Å²) in [5, 5.41) is 0. The van der Waals surface area contributed by atoms with Crippen molar-refractivity contribution >= 4 is 23.1 Å². The van der Waals surface area contributed by atoms with E-state index in [4.69, 9.17) is 18.0 Å². The minimum atomic E-state index is -0.0595. The van der Waals surface area contributed by atoms with Crippen LogP contribution in [0.5, 0.6) is 0 Å². The van der Waals surface area contributed by atoms with E-state index in [1.807, 2.05) is 11.0 Å². The molecule has 2 N–H and O–H groups in total. The molecule has 19 heavy (non-hydrogen) atoms. The molecule has 1 saturated heterocycles. The molecule has 3 rings (SSSR count). The van der Waals surface area contributed by atoms with E-state index in [0.29, 0.717) is 4.99 Å². The molecule has 0 radical (unpaired) electrons. The Kier molecular flexibility index (Phi) is 3.27. The van der Waals surface area contributed by atoms with Crippen LogP contribution >= 0.6 is 12.2 Å². The number of likely N-dealkylation sites (tertiary alicyclic amines) is 1. The van der Waals surface area contributed by atoms with Crippen molar-refractivity contribution in [3.8, 4) is 0 Å². The minimum Gasteiger partial charge on any atom is -0.392 e. The summed E-state index contributed by atoms with van der Waals surface area (Å²) in [5.41, 5.74) is 9.24. The van der Waals surface area contributed by atoms with Gasteiger partial charge in [-0.15, -0.1) is 0 Å². The molecule has 1 aliphatic carbocycles. The lowest BCUT2D eigenvalue weighted by Gasteiger charge is -2.24. The number of hydrogen-bond acceptors (Lipinski definition) is 2. The SMILES string of the molecule is NC(=S)C1CCCN1C(=O)c1ccc2c(c1)CCC2. The molecule has 100 valence electrons. The average Bonchev–Trinajstić information content (AvgIpc) is 3.05. The van der Waals surface area contributed by atoms with E-state index in [1.54, 1.807) is 0 Å². The van der Waals surface area contributed by atoms with Crippen molar-refractivity contribution in [3.63, 3.8) is 0 Å². The van der Waals surface area contributed by atoms with Crippen LogP contribution in [0.1, 0.15) is 40.7 Å². The third-order valence-electron chi connectivity index (χ3n) is 4.19. The number of carbonyl (C=O) groups excluding carboxylic acids is 1. The topological polar surface area (TPSA) is 46.3 Å². The standard InChI is InChI=1S/C15H18N2OS/c16-14(19)13-5-2-8-17(13)15(18)12-7-6-10-3-1-4-11(10)9-12/h6-7,9,13H,1-5,8H2,(H2,16,19). The molecule has 1 unspecified atom stereocenters. The van der Waals surface area contributed by atoms with Crippen LogP contribution in [0.25, 0.3) is 0 Å². The molecule has 1 fully saturated rings. The highest BCUT2D eigenvalue weighted by Gasteiger charge is 2.31. The minimum absolute atomic E-state index is 0.0595. The largest absolute Gasteiger partial charge is 0.392 e. The Labute approximate surface area is 118 Å². The second-order valence-electron chi connectivity index (χ2n) is 5.40. The number of nitrogens with zero attached hydrogens (tertiary/aromatic N) is 1. The van der Waals surface area contributed by atoms with Gasteiger partial charge in [0.2, 0.25) is 0 Å². The predicted octanol–water partition coefficient (Wildman–Crippen LogP) is 2.07. The molecule has 0 spiro atoms. The molecule has 0 aromatic heterocycles. The van der Waals surface area contributed by atoms with E-state index >= 15 is 0 Å². The van der Waals surface area contributed by atoms with Crippen LogP contribution in [0, 0.1) is 0 Å². The Morgan fingerprint density at radius 3 is 2.84 bits per heavy atom. The highest BCUT2D eigenvalue weighted by atomic mass is 32.1. The van der Waals surface area contributed by atoms with Crippen molar-refractivity contribution in [2.24, 2.45) is 5.73 Å². The summed E-state index contributed by atoms with van der Waals surface area (Å²) < 4.78 is 0. The van der Waals surface area contributed by atoms with Gasteiger partial charge in [-0.2, -0.15) is 0 Å². The third kappa shape index (κ3) is 2.25. The molecule has 1 aliphatic heterocycles. The molecular formula is C15H18N2OS. The molecule has 1 aromatic carbocycles. The van der Waals surface area contributed by atoms with E-state index < -0.39 is 0 Å². The van der Waals surface area contributed by atoms with E-state index in [-0.39, 0.29) is 11.9 Å². The highest BCUT2D eigenvalue weighted by Crippen LogP contribution is 2.25. The van der Waals surface area contributed by atoms with Gasteiger partial charge in [0.05, 0.1) is 11.0 Å². The van der Waals surface area contributed by atoms with Crippen molar-refractivity contribution in [1.82, 2.24) is 4.90 Å². The normalized spacial score (nSPS) is 21.5. The fourth-order valence-electron chi connectivity index (χ4n) is 3.18. The van der Waals surface area contributed by atoms with Gasteiger partial charge in [-0.25, -0.2) is 0 Å². The fraction of sp³-hybridized carbons (Fsp3) is 0.467. The molecule has 0 bridgehead atoms. The van der Waals surface area contributed by atoms with Crippen LogP contribution < -0.4 is 5.73 Å². The van der Waals surface area contributed by atoms with Gasteiger partial charge in [0, 0.05) is 12.1 Å². The Morgan fingerprint density at radius 1 is 1.26 bits per heavy atom. The average molecular weight is 274 g/mol. The second kappa shape index (κ2) is 4.93. The molecule has 4 heteroatoms. The second-order valence-corrected chi connectivity index (χ2v) is 5.87. The Morgan fingerprint density at radius 2 is 2.05 bits per heavy atom. The number of benzene rings is 1. The van der Waals surface area contributed by atoms with Gasteiger partial charge < -0.3 is 10.6 Å². The van der Waals surface area contributed by atoms with Gasteiger partial charge in [-0.05, 0) is 55.4 Å². The van der Waals surface area contributed by atoms with E-state index in [1.165, 1.54) is 17.5 Å². The number of amides is 1. The molecule has 1 aromatic rings. The predicted molar refractivity (Wildman–Crippen MR) is 79.3 cm³/mol. The molecule has 3 nitrogen and oxygen atoms in total. The first-order valence-electron chi connectivity index (χ1n) is 6.89. The maximum atomic E-state index is 12.6. The van der Waals surface area contributed by atoms with Gasteiger partial charge in [-0.1, -0.05) is 18.3 Å². The van der Waals surface area contributed by atoms with Crippen molar-refractivity contribution in [2.75, 3.05) is 6.54 Å². The van der Waals surface area contributed by atoms with Crippen molar-refractivity contribution in [1.29, 1.82) is 0 Å². The molecular weight excluding hydrogens is 256 g/mol. The number of carbonyl (C=O) groups is 1. The quantitative estimate of drug-likeness (QED) is 0.840. The zero-order valence-corrected chi connectivity index (χ0v) is 11.7. The lowest BCUT2D eigenvalue weighted by molar-refractivity contribution is 0.0770. The number of hydrogen-bond donors (Lipinski definition) is 1.